The molecule has 0 aliphatic heterocycles. The molecule has 0 bridgehead atoms. The fourth-order valence-corrected chi connectivity index (χ4v) is 6.73. The van der Waals surface area contributed by atoms with Gasteiger partial charge in [0.15, 0.2) is 0 Å². The van der Waals surface area contributed by atoms with Crippen molar-refractivity contribution in [3.05, 3.63) is 72.3 Å². The number of hydrogen-bond donors (Lipinski definition) is 4. The zero-order valence-corrected chi connectivity index (χ0v) is 25.4. The van der Waals surface area contributed by atoms with Gasteiger partial charge >= 0.3 is 0 Å². The highest BCUT2D eigenvalue weighted by Gasteiger charge is 2.31. The third-order valence-corrected chi connectivity index (χ3v) is 9.06. The number of rotatable bonds is 17. The number of unbranched alkanes of at least 4 members (excludes halogenated alkanes) is 1. The Morgan fingerprint density at radius 1 is 0.976 bits per heavy atom. The predicted molar refractivity (Wildman–Crippen MR) is 167 cm³/mol. The van der Waals surface area contributed by atoms with E-state index in [4.69, 9.17) is 5.73 Å². The molecular weight excluding hydrogens is 536 g/mol. The van der Waals surface area contributed by atoms with E-state index in [1.807, 2.05) is 26.0 Å². The fourth-order valence-electron chi connectivity index (χ4n) is 4.92. The molecule has 5 N–H and O–H groups in total. The molecule has 0 aliphatic rings. The molecule has 0 spiro atoms. The summed E-state index contributed by atoms with van der Waals surface area (Å²) in [6.45, 7) is 7.24. The van der Waals surface area contributed by atoms with E-state index in [0.29, 0.717) is 44.5 Å². The van der Waals surface area contributed by atoms with Crippen molar-refractivity contribution in [3.63, 3.8) is 0 Å². The lowest BCUT2D eigenvalue weighted by molar-refractivity contribution is -0.123. The highest BCUT2D eigenvalue weighted by atomic mass is 32.2. The van der Waals surface area contributed by atoms with Gasteiger partial charge in [-0.05, 0) is 78.7 Å². The van der Waals surface area contributed by atoms with Crippen molar-refractivity contribution < 1.29 is 18.3 Å². The minimum Gasteiger partial charge on any atom is -0.399 e. The Balaban J connectivity index is 1.57. The number of hydrogen-bond acceptors (Lipinski definition) is 6. The summed E-state index contributed by atoms with van der Waals surface area (Å²) in [5, 5.41) is 18.9. The van der Waals surface area contributed by atoms with E-state index in [1.165, 1.54) is 21.8 Å². The number of aliphatic hydroxyl groups is 1. The largest absolute Gasteiger partial charge is 0.399 e. The number of nitrogens with zero attached hydrogens (tertiary/aromatic N) is 1. The summed E-state index contributed by atoms with van der Waals surface area (Å²) in [5.74, 6) is 0.0414. The van der Waals surface area contributed by atoms with Gasteiger partial charge in [-0.2, -0.15) is 4.31 Å². The number of carbonyl (C=O) groups excluding carboxylic acids is 1. The van der Waals surface area contributed by atoms with Gasteiger partial charge in [0.25, 0.3) is 0 Å². The van der Waals surface area contributed by atoms with Gasteiger partial charge in [0.2, 0.25) is 15.9 Å². The summed E-state index contributed by atoms with van der Waals surface area (Å²) < 4.78 is 28.3. The summed E-state index contributed by atoms with van der Waals surface area (Å²) in [7, 11) is -3.80. The van der Waals surface area contributed by atoms with Crippen LogP contribution in [-0.2, 0) is 21.2 Å². The van der Waals surface area contributed by atoms with Crippen LogP contribution in [0.5, 0.6) is 0 Å². The van der Waals surface area contributed by atoms with Crippen LogP contribution in [0.4, 0.5) is 5.69 Å². The summed E-state index contributed by atoms with van der Waals surface area (Å²) in [6, 6.07) is 19.7. The summed E-state index contributed by atoms with van der Waals surface area (Å²) >= 11 is 0. The molecule has 0 aromatic heterocycles. The molecule has 3 aromatic carbocycles. The molecule has 0 saturated carbocycles. The van der Waals surface area contributed by atoms with Gasteiger partial charge in [0.1, 0.15) is 0 Å². The smallest absolute Gasteiger partial charge is 0.243 e. The van der Waals surface area contributed by atoms with Gasteiger partial charge in [0.05, 0.1) is 17.5 Å². The Morgan fingerprint density at radius 2 is 1.68 bits per heavy atom. The molecule has 41 heavy (non-hydrogen) atoms. The minimum atomic E-state index is -3.80. The summed E-state index contributed by atoms with van der Waals surface area (Å²) in [4.78, 5) is 13.3. The lowest BCUT2D eigenvalue weighted by atomic mass is 10.0. The maximum absolute atomic E-state index is 13.5. The first-order valence-electron chi connectivity index (χ1n) is 14.6. The highest BCUT2D eigenvalue weighted by molar-refractivity contribution is 7.89. The van der Waals surface area contributed by atoms with Gasteiger partial charge in [-0.15, -0.1) is 0 Å². The SMILES string of the molecule is CCCNC(Cc1ccc2ccccc2c1)C(=O)NCCCCC(CO)N(CC(C)C)S(=O)(=O)c1ccc(N)cc1. The first-order valence-corrected chi connectivity index (χ1v) is 16.1. The molecule has 0 saturated heterocycles. The average Bonchev–Trinajstić information content (AvgIpc) is 2.96. The molecule has 0 fully saturated rings. The number of sulfonamides is 1. The van der Waals surface area contributed by atoms with Gasteiger partial charge in [-0.1, -0.05) is 69.7 Å². The number of fused-ring (bicyclic) bond motifs is 1. The van der Waals surface area contributed by atoms with Crippen molar-refractivity contribution >= 4 is 32.4 Å². The van der Waals surface area contributed by atoms with E-state index in [-0.39, 0.29) is 29.4 Å². The Morgan fingerprint density at radius 3 is 2.34 bits per heavy atom. The molecule has 0 radical (unpaired) electrons. The maximum atomic E-state index is 13.5. The standard InChI is InChI=1S/C32H46N4O4S/c1-4-18-34-31(21-25-12-13-26-9-5-6-10-27(26)20-25)32(38)35-19-8-7-11-29(23-37)36(22-24(2)3)41(39,40)30-16-14-28(33)15-17-30/h5-6,9-10,12-17,20,24,29,31,34,37H,4,7-8,11,18-19,21-23,33H2,1-3H3,(H,35,38). The second-order valence-electron chi connectivity index (χ2n) is 11.1. The van der Waals surface area contributed by atoms with E-state index in [0.717, 1.165) is 23.9 Å². The second-order valence-corrected chi connectivity index (χ2v) is 12.9. The van der Waals surface area contributed by atoms with Gasteiger partial charge in [-0.3, -0.25) is 4.79 Å². The number of aliphatic hydroxyl groups excluding tert-OH is 1. The third kappa shape index (κ3) is 9.53. The van der Waals surface area contributed by atoms with Crippen LogP contribution in [0.1, 0.15) is 52.0 Å². The van der Waals surface area contributed by atoms with Crippen LogP contribution in [0.3, 0.4) is 0 Å². The van der Waals surface area contributed by atoms with Crippen molar-refractivity contribution in [3.8, 4) is 0 Å². The number of benzene rings is 3. The van der Waals surface area contributed by atoms with Gasteiger partial charge < -0.3 is 21.5 Å². The number of amides is 1. The molecule has 2 unspecified atom stereocenters. The fraction of sp³-hybridized carbons (Fsp3) is 0.469. The van der Waals surface area contributed by atoms with Crippen LogP contribution in [-0.4, -0.2) is 62.1 Å². The zero-order valence-electron chi connectivity index (χ0n) is 24.6. The summed E-state index contributed by atoms with van der Waals surface area (Å²) in [5.41, 5.74) is 7.34. The molecular formula is C32H46N4O4S. The van der Waals surface area contributed by atoms with Crippen molar-refractivity contribution in [1.29, 1.82) is 0 Å². The molecule has 3 rings (SSSR count). The van der Waals surface area contributed by atoms with E-state index in [2.05, 4.69) is 47.9 Å². The lowest BCUT2D eigenvalue weighted by Crippen LogP contribution is -2.46. The van der Waals surface area contributed by atoms with Crippen LogP contribution < -0.4 is 16.4 Å². The molecule has 224 valence electrons. The quantitative estimate of drug-likeness (QED) is 0.139. The number of anilines is 1. The first kappa shape index (κ1) is 32.5. The zero-order chi connectivity index (χ0) is 29.8. The number of nitrogens with two attached hydrogens (primary N) is 1. The third-order valence-electron chi connectivity index (χ3n) is 7.12. The minimum absolute atomic E-state index is 0.0438. The molecule has 8 nitrogen and oxygen atoms in total. The number of nitrogen functional groups attached to an aromatic ring is 1. The molecule has 1 amide bonds. The van der Waals surface area contributed by atoms with E-state index >= 15 is 0 Å². The Kier molecular flexibility index (Phi) is 12.6. The highest BCUT2D eigenvalue weighted by Crippen LogP contribution is 2.23. The van der Waals surface area contributed by atoms with E-state index in [9.17, 15) is 18.3 Å². The predicted octanol–water partition coefficient (Wildman–Crippen LogP) is 4.33. The maximum Gasteiger partial charge on any atom is 0.243 e. The molecule has 2 atom stereocenters. The second kappa shape index (κ2) is 15.9. The average molecular weight is 583 g/mol. The molecule has 9 heteroatoms. The van der Waals surface area contributed by atoms with Gasteiger partial charge in [-0.25, -0.2) is 8.42 Å². The van der Waals surface area contributed by atoms with E-state index < -0.39 is 16.1 Å². The van der Waals surface area contributed by atoms with Crippen LogP contribution in [0.2, 0.25) is 0 Å². The van der Waals surface area contributed by atoms with Crippen molar-refractivity contribution in [2.24, 2.45) is 5.92 Å². The van der Waals surface area contributed by atoms with Crippen molar-refractivity contribution in [1.82, 2.24) is 14.9 Å². The van der Waals surface area contributed by atoms with Crippen LogP contribution >= 0.6 is 0 Å². The molecule has 0 heterocycles. The molecule has 0 aliphatic carbocycles. The monoisotopic (exact) mass is 582 g/mol. The van der Waals surface area contributed by atoms with Gasteiger partial charge in [0, 0.05) is 24.8 Å². The topological polar surface area (TPSA) is 125 Å². The lowest BCUT2D eigenvalue weighted by Gasteiger charge is -2.31. The van der Waals surface area contributed by atoms with Crippen LogP contribution in [0, 0.1) is 5.92 Å². The Hall–Kier alpha value is -2.98. The summed E-state index contributed by atoms with van der Waals surface area (Å²) in [6.07, 6.45) is 3.35. The first-order chi connectivity index (χ1) is 19.6. The van der Waals surface area contributed by atoms with Crippen LogP contribution in [0.25, 0.3) is 10.8 Å². The molecule has 3 aromatic rings. The van der Waals surface area contributed by atoms with Crippen LogP contribution in [0.15, 0.2) is 71.6 Å². The van der Waals surface area contributed by atoms with Crippen molar-refractivity contribution in [2.45, 2.75) is 69.9 Å². The normalized spacial score (nSPS) is 13.5. The Bertz CT molecular complexity index is 1350. The van der Waals surface area contributed by atoms with Crippen molar-refractivity contribution in [2.75, 3.05) is 32.0 Å². The number of nitrogens with one attached hydrogen (secondary N) is 2. The number of carbonyl (C=O) groups is 1. The Labute approximate surface area is 245 Å². The van der Waals surface area contributed by atoms with E-state index in [1.54, 1.807) is 12.1 Å².